The largest absolute Gasteiger partial charge is 0.462 e. The molecule has 0 unspecified atom stereocenters. The number of nitrogens with zero attached hydrogens (tertiary/aromatic N) is 1. The predicted octanol–water partition coefficient (Wildman–Crippen LogP) is 2.25. The van der Waals surface area contributed by atoms with Gasteiger partial charge in [-0.2, -0.15) is 0 Å². The van der Waals surface area contributed by atoms with Gasteiger partial charge in [0.25, 0.3) is 0 Å². The van der Waals surface area contributed by atoms with E-state index in [1.807, 2.05) is 0 Å². The van der Waals surface area contributed by atoms with Crippen LogP contribution in [0, 0.1) is 26.2 Å². The topological polar surface area (TPSA) is 52.3 Å². The molecule has 0 spiro atoms. The second-order valence-electron chi connectivity index (χ2n) is 3.50. The van der Waals surface area contributed by atoms with Crippen LogP contribution in [-0.2, 0) is 4.74 Å². The van der Waals surface area contributed by atoms with Crippen LogP contribution in [0.4, 0.5) is 0 Å². The first-order valence-electron chi connectivity index (χ1n) is 5.20. The summed E-state index contributed by atoms with van der Waals surface area (Å²) in [7, 11) is 0. The molecule has 4 heteroatoms. The fourth-order valence-corrected chi connectivity index (χ4v) is 1.34. The Morgan fingerprint density at radius 1 is 1.50 bits per heavy atom. The Bertz CT molecular complexity index is 381. The van der Waals surface area contributed by atoms with Crippen LogP contribution in [0.5, 0.6) is 0 Å². The summed E-state index contributed by atoms with van der Waals surface area (Å²) in [6.07, 6.45) is 7.46. The maximum atomic E-state index is 11.6. The first-order chi connectivity index (χ1) is 7.66. The number of carbonyl (C=O) groups excluding carboxylic acids is 1. The van der Waals surface area contributed by atoms with Crippen molar-refractivity contribution >= 4 is 5.97 Å². The number of carbonyl (C=O) groups is 1. The van der Waals surface area contributed by atoms with Gasteiger partial charge in [-0.3, -0.25) is 0 Å². The van der Waals surface area contributed by atoms with Gasteiger partial charge < -0.3 is 9.26 Å². The molecule has 86 valence electrons. The Hall–Kier alpha value is -1.76. The van der Waals surface area contributed by atoms with Crippen molar-refractivity contribution in [2.45, 2.75) is 33.1 Å². The highest BCUT2D eigenvalue weighted by atomic mass is 16.5. The maximum Gasteiger partial charge on any atom is 0.343 e. The molecule has 1 aromatic rings. The number of terminal acetylenes is 1. The van der Waals surface area contributed by atoms with Crippen LogP contribution in [0.2, 0.25) is 0 Å². The Morgan fingerprint density at radius 3 is 2.81 bits per heavy atom. The van der Waals surface area contributed by atoms with Crippen molar-refractivity contribution in [1.82, 2.24) is 5.16 Å². The van der Waals surface area contributed by atoms with Gasteiger partial charge in [-0.05, 0) is 26.7 Å². The fourth-order valence-electron chi connectivity index (χ4n) is 1.34. The van der Waals surface area contributed by atoms with Crippen molar-refractivity contribution in [3.63, 3.8) is 0 Å². The lowest BCUT2D eigenvalue weighted by molar-refractivity contribution is 0.0496. The molecule has 0 aliphatic rings. The molecule has 1 heterocycles. The Labute approximate surface area is 95.0 Å². The normalized spacial score (nSPS) is 9.81. The highest BCUT2D eigenvalue weighted by molar-refractivity contribution is 5.91. The molecule has 1 rings (SSSR count). The molecular formula is C12H15NO3. The van der Waals surface area contributed by atoms with Crippen LogP contribution < -0.4 is 0 Å². The minimum Gasteiger partial charge on any atom is -0.462 e. The molecule has 16 heavy (non-hydrogen) atoms. The van der Waals surface area contributed by atoms with E-state index in [2.05, 4.69) is 11.1 Å². The van der Waals surface area contributed by atoms with Crippen LogP contribution in [-0.4, -0.2) is 17.7 Å². The van der Waals surface area contributed by atoms with Gasteiger partial charge in [0.1, 0.15) is 11.3 Å². The summed E-state index contributed by atoms with van der Waals surface area (Å²) in [6.45, 7) is 3.78. The molecule has 0 amide bonds. The molecule has 0 N–H and O–H groups in total. The molecular weight excluding hydrogens is 206 g/mol. The van der Waals surface area contributed by atoms with Crippen LogP contribution in [0.1, 0.15) is 41.1 Å². The summed E-state index contributed by atoms with van der Waals surface area (Å²) in [5.41, 5.74) is 0.989. The molecule has 0 fully saturated rings. The number of aromatic nitrogens is 1. The molecule has 1 aromatic heterocycles. The number of hydrogen-bond donors (Lipinski definition) is 0. The molecule has 0 saturated heterocycles. The number of aryl methyl sites for hydroxylation is 2. The summed E-state index contributed by atoms with van der Waals surface area (Å²) in [6, 6.07) is 0. The molecule has 0 atom stereocenters. The van der Waals surface area contributed by atoms with E-state index in [1.54, 1.807) is 13.8 Å². The van der Waals surface area contributed by atoms with E-state index in [0.29, 0.717) is 30.0 Å². The summed E-state index contributed by atoms with van der Waals surface area (Å²) in [4.78, 5) is 11.6. The lowest BCUT2D eigenvalue weighted by Gasteiger charge is -2.02. The van der Waals surface area contributed by atoms with Crippen molar-refractivity contribution in [3.05, 3.63) is 17.0 Å². The van der Waals surface area contributed by atoms with Crippen molar-refractivity contribution < 1.29 is 14.1 Å². The van der Waals surface area contributed by atoms with Crippen LogP contribution >= 0.6 is 0 Å². The van der Waals surface area contributed by atoms with E-state index >= 15 is 0 Å². The Balaban J connectivity index is 2.39. The Kier molecular flexibility index (Phi) is 4.59. The minimum atomic E-state index is -0.378. The number of hydrogen-bond acceptors (Lipinski definition) is 4. The lowest BCUT2D eigenvalue weighted by atomic mass is 10.2. The van der Waals surface area contributed by atoms with Gasteiger partial charge in [-0.25, -0.2) is 4.79 Å². The number of rotatable bonds is 5. The molecule has 4 nitrogen and oxygen atoms in total. The summed E-state index contributed by atoms with van der Waals surface area (Å²) in [5, 5.41) is 3.69. The third-order valence-electron chi connectivity index (χ3n) is 2.19. The standard InChI is InChI=1S/C12H15NO3/c1-4-5-6-7-8-15-12(14)11-9(2)13-16-10(11)3/h1H,5-8H2,2-3H3. The quantitative estimate of drug-likeness (QED) is 0.434. The second-order valence-corrected chi connectivity index (χ2v) is 3.50. The third-order valence-corrected chi connectivity index (χ3v) is 2.19. The van der Waals surface area contributed by atoms with E-state index in [9.17, 15) is 4.79 Å². The zero-order chi connectivity index (χ0) is 12.0. The summed E-state index contributed by atoms with van der Waals surface area (Å²) >= 11 is 0. The van der Waals surface area contributed by atoms with Gasteiger partial charge >= 0.3 is 5.97 Å². The van der Waals surface area contributed by atoms with Crippen molar-refractivity contribution in [1.29, 1.82) is 0 Å². The first-order valence-corrected chi connectivity index (χ1v) is 5.20. The van der Waals surface area contributed by atoms with Gasteiger partial charge in [0, 0.05) is 6.42 Å². The average molecular weight is 221 g/mol. The van der Waals surface area contributed by atoms with Gasteiger partial charge in [-0.1, -0.05) is 5.16 Å². The van der Waals surface area contributed by atoms with Crippen molar-refractivity contribution in [3.8, 4) is 12.3 Å². The van der Waals surface area contributed by atoms with Gasteiger partial charge in [0.2, 0.25) is 0 Å². The van der Waals surface area contributed by atoms with Crippen LogP contribution in [0.15, 0.2) is 4.52 Å². The smallest absolute Gasteiger partial charge is 0.343 e. The van der Waals surface area contributed by atoms with Gasteiger partial charge in [-0.15, -0.1) is 12.3 Å². The van der Waals surface area contributed by atoms with E-state index in [-0.39, 0.29) is 5.97 Å². The molecule has 0 aliphatic heterocycles. The highest BCUT2D eigenvalue weighted by Gasteiger charge is 2.18. The van der Waals surface area contributed by atoms with Crippen LogP contribution in [0.25, 0.3) is 0 Å². The third kappa shape index (κ3) is 3.13. The number of ether oxygens (including phenoxy) is 1. The maximum absolute atomic E-state index is 11.6. The van der Waals surface area contributed by atoms with E-state index in [1.165, 1.54) is 0 Å². The van der Waals surface area contributed by atoms with E-state index < -0.39 is 0 Å². The number of unbranched alkanes of at least 4 members (excludes halogenated alkanes) is 2. The first kappa shape index (κ1) is 12.3. The SMILES string of the molecule is C#CCCCCOC(=O)c1c(C)noc1C. The van der Waals surface area contributed by atoms with E-state index in [4.69, 9.17) is 15.7 Å². The summed E-state index contributed by atoms with van der Waals surface area (Å²) < 4.78 is 9.97. The number of esters is 1. The molecule has 0 radical (unpaired) electrons. The van der Waals surface area contributed by atoms with Crippen molar-refractivity contribution in [2.24, 2.45) is 0 Å². The van der Waals surface area contributed by atoms with Gasteiger partial charge in [0.15, 0.2) is 0 Å². The summed E-state index contributed by atoms with van der Waals surface area (Å²) in [5.74, 6) is 2.65. The molecule has 0 aliphatic carbocycles. The zero-order valence-electron chi connectivity index (χ0n) is 9.58. The lowest BCUT2D eigenvalue weighted by Crippen LogP contribution is -2.08. The monoisotopic (exact) mass is 221 g/mol. The van der Waals surface area contributed by atoms with Gasteiger partial charge in [0.05, 0.1) is 12.3 Å². The van der Waals surface area contributed by atoms with Crippen LogP contribution in [0.3, 0.4) is 0 Å². The highest BCUT2D eigenvalue weighted by Crippen LogP contribution is 2.13. The molecule has 0 bridgehead atoms. The average Bonchev–Trinajstić information content (AvgIpc) is 2.58. The molecule has 0 aromatic carbocycles. The van der Waals surface area contributed by atoms with Crippen molar-refractivity contribution in [2.75, 3.05) is 6.61 Å². The Morgan fingerprint density at radius 2 is 2.25 bits per heavy atom. The fraction of sp³-hybridized carbons (Fsp3) is 0.500. The van der Waals surface area contributed by atoms with E-state index in [0.717, 1.165) is 12.8 Å². The predicted molar refractivity (Wildman–Crippen MR) is 58.9 cm³/mol. The minimum absolute atomic E-state index is 0.378. The molecule has 0 saturated carbocycles. The zero-order valence-corrected chi connectivity index (χ0v) is 9.58. The second kappa shape index (κ2) is 5.96.